The first kappa shape index (κ1) is 37.7. The molecule has 0 atom stereocenters. The molecular formula is C16H27O4PRu. The first-order valence-electron chi connectivity index (χ1n) is 6.89. The van der Waals surface area contributed by atoms with Crippen LogP contribution in [0, 0.1) is 0 Å². The molecule has 0 rings (SSSR count). The second kappa shape index (κ2) is 58.6. The van der Waals surface area contributed by atoms with Crippen molar-refractivity contribution in [1.29, 1.82) is 0 Å². The molecule has 0 aliphatic heterocycles. The Labute approximate surface area is 151 Å². The predicted molar refractivity (Wildman–Crippen MR) is 89.0 cm³/mol. The number of hydrogen-bond acceptors (Lipinski definition) is 4. The van der Waals surface area contributed by atoms with Crippen molar-refractivity contribution in [2.45, 2.75) is 59.3 Å². The minimum absolute atomic E-state index is 0. The van der Waals surface area contributed by atoms with E-state index in [1.807, 2.05) is 0 Å². The summed E-state index contributed by atoms with van der Waals surface area (Å²) in [4.78, 5) is 30.0. The maximum absolute atomic E-state index is 7.50. The van der Waals surface area contributed by atoms with Gasteiger partial charge in [0.25, 0.3) is 27.2 Å². The molecular weight excluding hydrogens is 388 g/mol. The van der Waals surface area contributed by atoms with Gasteiger partial charge in [0.1, 0.15) is 0 Å². The third-order valence-corrected chi connectivity index (χ3v) is 5.33. The monoisotopic (exact) mass is 416 g/mol. The first-order valence-corrected chi connectivity index (χ1v) is 8.78. The van der Waals surface area contributed by atoms with E-state index >= 15 is 0 Å². The fourth-order valence-corrected chi connectivity index (χ4v) is 4.44. The fourth-order valence-electron chi connectivity index (χ4n) is 1.48. The van der Waals surface area contributed by atoms with Gasteiger partial charge in [-0.15, -0.1) is 7.92 Å². The van der Waals surface area contributed by atoms with Crippen LogP contribution in [0.2, 0.25) is 0 Å². The van der Waals surface area contributed by atoms with Gasteiger partial charge in [-0.25, -0.2) is 0 Å². The summed E-state index contributed by atoms with van der Waals surface area (Å²) < 4.78 is 0. The van der Waals surface area contributed by atoms with Crippen LogP contribution >= 0.6 is 7.92 Å². The molecule has 0 spiro atoms. The zero-order valence-corrected chi connectivity index (χ0v) is 16.4. The van der Waals surface area contributed by atoms with Crippen LogP contribution < -0.4 is 0 Å². The summed E-state index contributed by atoms with van der Waals surface area (Å²) in [5.41, 5.74) is 0. The van der Waals surface area contributed by atoms with Gasteiger partial charge in [0, 0.05) is 19.5 Å². The van der Waals surface area contributed by atoms with Crippen molar-refractivity contribution in [2.75, 3.05) is 18.5 Å². The Kier molecular flexibility index (Phi) is 101. The van der Waals surface area contributed by atoms with Crippen molar-refractivity contribution in [2.24, 2.45) is 0 Å². The SMILES string of the molecule is CCCCP(CCCC)CCCC.[C]=O.[C]=O.[C]=O.[C]=O.[Ru]. The molecule has 0 unspecified atom stereocenters. The summed E-state index contributed by atoms with van der Waals surface area (Å²) in [5.74, 6) is 0. The molecule has 0 fully saturated rings. The fraction of sp³-hybridized carbons (Fsp3) is 0.750. The van der Waals surface area contributed by atoms with Crippen molar-refractivity contribution in [3.63, 3.8) is 0 Å². The smallest absolute Gasteiger partial charge is 0.281 e. The minimum atomic E-state index is 0. The Hall–Kier alpha value is -0.267. The molecule has 128 valence electrons. The molecule has 0 amide bonds. The number of unbranched alkanes of at least 4 members (excludes halogenated alkanes) is 3. The van der Waals surface area contributed by atoms with Gasteiger partial charge in [-0.2, -0.15) is 0 Å². The van der Waals surface area contributed by atoms with E-state index in [-0.39, 0.29) is 19.5 Å². The summed E-state index contributed by atoms with van der Waals surface area (Å²) in [6.07, 6.45) is 13.2. The molecule has 0 aliphatic rings. The molecule has 4 nitrogen and oxygen atoms in total. The van der Waals surface area contributed by atoms with E-state index in [2.05, 4.69) is 47.9 Å². The average Bonchev–Trinajstić information content (AvgIpc) is 2.61. The van der Waals surface area contributed by atoms with Gasteiger partial charge in [0.05, 0.1) is 0 Å². The molecule has 0 aromatic rings. The molecule has 0 aromatic carbocycles. The van der Waals surface area contributed by atoms with Crippen molar-refractivity contribution < 1.29 is 38.7 Å². The molecule has 6 heteroatoms. The molecule has 0 aromatic heterocycles. The summed E-state index contributed by atoms with van der Waals surface area (Å²) in [6, 6.07) is 0. The Morgan fingerprint density at radius 2 is 0.727 bits per heavy atom. The van der Waals surface area contributed by atoms with E-state index in [0.717, 1.165) is 0 Å². The van der Waals surface area contributed by atoms with Crippen molar-refractivity contribution in [3.8, 4) is 0 Å². The molecule has 22 heavy (non-hydrogen) atoms. The normalized spacial score (nSPS) is 7.27. The zero-order chi connectivity index (χ0) is 17.9. The van der Waals surface area contributed by atoms with Gasteiger partial charge in [-0.05, 0) is 37.7 Å². The van der Waals surface area contributed by atoms with Crippen molar-refractivity contribution in [1.82, 2.24) is 0 Å². The number of hydrogen-bond donors (Lipinski definition) is 0. The third-order valence-electron chi connectivity index (χ3n) is 2.48. The third kappa shape index (κ3) is 50.3. The van der Waals surface area contributed by atoms with Crippen LogP contribution in [0.1, 0.15) is 59.3 Å². The van der Waals surface area contributed by atoms with Crippen LogP contribution in [-0.4, -0.2) is 45.6 Å². The minimum Gasteiger partial charge on any atom is -0.281 e. The van der Waals surface area contributed by atoms with Crippen LogP contribution in [0.15, 0.2) is 0 Å². The Morgan fingerprint density at radius 3 is 0.864 bits per heavy atom. The molecule has 0 N–H and O–H groups in total. The Balaban J connectivity index is -0.0000000613. The predicted octanol–water partition coefficient (Wildman–Crippen LogP) is 3.28. The number of carbonyl (C=O) groups excluding carboxylic acids is 4. The summed E-state index contributed by atoms with van der Waals surface area (Å²) in [6.45, 7) is 24.9. The molecule has 0 saturated heterocycles. The van der Waals surface area contributed by atoms with Gasteiger partial charge >= 0.3 is 0 Å². The van der Waals surface area contributed by atoms with Gasteiger partial charge in [0.2, 0.25) is 0 Å². The average molecular weight is 415 g/mol. The van der Waals surface area contributed by atoms with Crippen LogP contribution in [0.4, 0.5) is 0 Å². The Morgan fingerprint density at radius 1 is 0.545 bits per heavy atom. The second-order valence-electron chi connectivity index (χ2n) is 3.90. The van der Waals surface area contributed by atoms with Gasteiger partial charge in [0.15, 0.2) is 0 Å². The topological polar surface area (TPSA) is 68.3 Å². The van der Waals surface area contributed by atoms with Gasteiger partial charge in [-0.1, -0.05) is 40.0 Å². The molecule has 0 heterocycles. The zero-order valence-electron chi connectivity index (χ0n) is 13.8. The van der Waals surface area contributed by atoms with E-state index < -0.39 is 0 Å². The quantitative estimate of drug-likeness (QED) is 0.428. The van der Waals surface area contributed by atoms with E-state index in [4.69, 9.17) is 19.2 Å². The van der Waals surface area contributed by atoms with Gasteiger partial charge < -0.3 is 0 Å². The molecule has 0 aliphatic carbocycles. The van der Waals surface area contributed by atoms with E-state index in [1.165, 1.54) is 38.5 Å². The summed E-state index contributed by atoms with van der Waals surface area (Å²) >= 11 is 0. The molecule has 0 bridgehead atoms. The standard InChI is InChI=1S/C12H27P.4CO.Ru/c1-4-7-10-13(11-8-5-2)12-9-6-3;4*1-2;/h4-12H2,1-3H3;;;;;. The van der Waals surface area contributed by atoms with Crippen LogP contribution in [0.3, 0.4) is 0 Å². The van der Waals surface area contributed by atoms with Crippen molar-refractivity contribution >= 4 is 35.1 Å². The van der Waals surface area contributed by atoms with E-state index in [9.17, 15) is 0 Å². The van der Waals surface area contributed by atoms with Crippen molar-refractivity contribution in [3.05, 3.63) is 0 Å². The maximum atomic E-state index is 7.50. The van der Waals surface area contributed by atoms with E-state index in [0.29, 0.717) is 7.92 Å². The second-order valence-corrected chi connectivity index (χ2v) is 6.59. The largest absolute Gasteiger partial charge is 0.281 e. The van der Waals surface area contributed by atoms with Crippen LogP contribution in [0.25, 0.3) is 0 Å². The van der Waals surface area contributed by atoms with Crippen LogP contribution in [-0.2, 0) is 38.7 Å². The molecule has 8 radical (unpaired) electrons. The first-order chi connectivity index (χ1) is 10.3. The number of rotatable bonds is 9. The van der Waals surface area contributed by atoms with Gasteiger partial charge in [-0.3, -0.25) is 19.2 Å². The van der Waals surface area contributed by atoms with Crippen LogP contribution in [0.5, 0.6) is 0 Å². The summed E-state index contributed by atoms with van der Waals surface area (Å²) in [7, 11) is 0.422. The van der Waals surface area contributed by atoms with E-state index in [1.54, 1.807) is 18.5 Å². The Bertz CT molecular complexity index is 127. The molecule has 0 saturated carbocycles. The summed E-state index contributed by atoms with van der Waals surface area (Å²) in [5, 5.41) is 0. The maximum Gasteiger partial charge on any atom is 0.281 e.